The van der Waals surface area contributed by atoms with Crippen molar-refractivity contribution in [2.24, 2.45) is 0 Å². The number of benzene rings is 1. The van der Waals surface area contributed by atoms with Crippen molar-refractivity contribution in [3.63, 3.8) is 0 Å². The molecule has 1 aromatic heterocycles. The molecule has 4 heteroatoms. The first-order valence-corrected chi connectivity index (χ1v) is 5.98. The molecule has 4 nitrogen and oxygen atoms in total. The highest BCUT2D eigenvalue weighted by molar-refractivity contribution is 6.04. The summed E-state index contributed by atoms with van der Waals surface area (Å²) in [6, 6.07) is 8.88. The number of ketones is 1. The highest BCUT2D eigenvalue weighted by Crippen LogP contribution is 2.31. The Morgan fingerprint density at radius 2 is 1.95 bits per heavy atom. The molecule has 3 rings (SSSR count). The molecule has 19 heavy (non-hydrogen) atoms. The molecule has 0 radical (unpaired) electrons. The Balaban J connectivity index is 1.78. The zero-order chi connectivity index (χ0) is 13.1. The van der Waals surface area contributed by atoms with E-state index in [2.05, 4.69) is 0 Å². The van der Waals surface area contributed by atoms with Crippen molar-refractivity contribution in [1.29, 1.82) is 0 Å². The van der Waals surface area contributed by atoms with E-state index in [1.807, 2.05) is 18.2 Å². The summed E-state index contributed by atoms with van der Waals surface area (Å²) in [7, 11) is 0. The molecule has 0 saturated heterocycles. The van der Waals surface area contributed by atoms with Crippen LogP contribution in [0.2, 0.25) is 0 Å². The number of carbonyl (C=O) groups is 1. The van der Waals surface area contributed by atoms with Gasteiger partial charge in [-0.1, -0.05) is 12.1 Å². The highest BCUT2D eigenvalue weighted by atomic mass is 16.6. The number of carbonyl (C=O) groups excluding carboxylic acids is 1. The third kappa shape index (κ3) is 2.52. The predicted octanol–water partition coefficient (Wildman–Crippen LogP) is 2.95. The number of hydrogen-bond donors (Lipinski definition) is 0. The van der Waals surface area contributed by atoms with Gasteiger partial charge in [-0.2, -0.15) is 0 Å². The Labute approximate surface area is 110 Å². The van der Waals surface area contributed by atoms with Gasteiger partial charge in [-0.05, 0) is 35.9 Å². The van der Waals surface area contributed by atoms with Gasteiger partial charge in [0, 0.05) is 0 Å². The van der Waals surface area contributed by atoms with Crippen LogP contribution in [0.15, 0.2) is 47.1 Å². The minimum absolute atomic E-state index is 0.167. The number of fused-ring (bicyclic) bond motifs is 1. The maximum Gasteiger partial charge on any atom is 0.221 e. The molecule has 2 heterocycles. The van der Waals surface area contributed by atoms with Crippen molar-refractivity contribution in [1.82, 2.24) is 0 Å². The molecule has 0 atom stereocenters. The lowest BCUT2D eigenvalue weighted by Gasteiger charge is -2.18. The van der Waals surface area contributed by atoms with E-state index in [1.54, 1.807) is 18.2 Å². The second-order valence-electron chi connectivity index (χ2n) is 4.08. The SMILES string of the molecule is O=C(/C=C/c1ccc2c(c1)OCCO2)c1ccco1. The van der Waals surface area contributed by atoms with Gasteiger partial charge in [0.15, 0.2) is 17.3 Å². The van der Waals surface area contributed by atoms with Crippen LogP contribution in [0.1, 0.15) is 16.1 Å². The highest BCUT2D eigenvalue weighted by Gasteiger charge is 2.11. The van der Waals surface area contributed by atoms with E-state index in [4.69, 9.17) is 13.9 Å². The molecule has 0 unspecified atom stereocenters. The Hall–Kier alpha value is -2.49. The van der Waals surface area contributed by atoms with Crippen molar-refractivity contribution in [3.8, 4) is 11.5 Å². The molecule has 1 aliphatic rings. The standard InChI is InChI=1S/C15H12O4/c16-12(13-2-1-7-17-13)5-3-11-4-6-14-15(10-11)19-9-8-18-14/h1-7,10H,8-9H2/b5-3+. The summed E-state index contributed by atoms with van der Waals surface area (Å²) in [6.07, 6.45) is 4.68. The molecular weight excluding hydrogens is 244 g/mol. The summed E-state index contributed by atoms with van der Waals surface area (Å²) in [5.74, 6) is 1.60. The third-order valence-corrected chi connectivity index (χ3v) is 2.76. The molecule has 0 N–H and O–H groups in total. The van der Waals surface area contributed by atoms with Gasteiger partial charge in [-0.3, -0.25) is 4.79 Å². The Morgan fingerprint density at radius 3 is 2.74 bits per heavy atom. The first-order chi connectivity index (χ1) is 9.33. The van der Waals surface area contributed by atoms with Crippen molar-refractivity contribution in [2.45, 2.75) is 0 Å². The van der Waals surface area contributed by atoms with E-state index in [0.717, 1.165) is 11.3 Å². The average molecular weight is 256 g/mol. The first-order valence-electron chi connectivity index (χ1n) is 5.98. The first kappa shape index (κ1) is 11.6. The smallest absolute Gasteiger partial charge is 0.221 e. The summed E-state index contributed by atoms with van der Waals surface area (Å²) in [6.45, 7) is 1.12. The second-order valence-corrected chi connectivity index (χ2v) is 4.08. The zero-order valence-electron chi connectivity index (χ0n) is 10.2. The van der Waals surface area contributed by atoms with Crippen molar-refractivity contribution in [2.75, 3.05) is 13.2 Å². The van der Waals surface area contributed by atoms with Crippen LogP contribution in [0.3, 0.4) is 0 Å². The van der Waals surface area contributed by atoms with Crippen molar-refractivity contribution >= 4 is 11.9 Å². The topological polar surface area (TPSA) is 48.7 Å². The number of ether oxygens (including phenoxy) is 2. The Morgan fingerprint density at radius 1 is 1.11 bits per heavy atom. The van der Waals surface area contributed by atoms with Gasteiger partial charge in [0.05, 0.1) is 6.26 Å². The number of furan rings is 1. The van der Waals surface area contributed by atoms with E-state index in [9.17, 15) is 4.79 Å². The van der Waals surface area contributed by atoms with Crippen LogP contribution in [-0.2, 0) is 0 Å². The van der Waals surface area contributed by atoms with Crippen LogP contribution in [0.4, 0.5) is 0 Å². The van der Waals surface area contributed by atoms with Gasteiger partial charge >= 0.3 is 0 Å². The molecule has 0 aliphatic carbocycles. The number of rotatable bonds is 3. The molecule has 0 bridgehead atoms. The van der Waals surface area contributed by atoms with Crippen molar-refractivity contribution in [3.05, 3.63) is 54.0 Å². The lowest BCUT2D eigenvalue weighted by molar-refractivity contribution is 0.102. The average Bonchev–Trinajstić information content (AvgIpc) is 2.99. The predicted molar refractivity (Wildman–Crippen MR) is 69.5 cm³/mol. The van der Waals surface area contributed by atoms with Gasteiger partial charge in [-0.15, -0.1) is 0 Å². The maximum atomic E-state index is 11.7. The van der Waals surface area contributed by atoms with Crippen molar-refractivity contribution < 1.29 is 18.7 Å². The normalized spacial score (nSPS) is 13.7. The fraction of sp³-hybridized carbons (Fsp3) is 0.133. The maximum absolute atomic E-state index is 11.7. The van der Waals surface area contributed by atoms with Crippen LogP contribution >= 0.6 is 0 Å². The molecule has 0 fully saturated rings. The van der Waals surface area contributed by atoms with Gasteiger partial charge in [0.1, 0.15) is 13.2 Å². The van der Waals surface area contributed by atoms with Crippen LogP contribution in [-0.4, -0.2) is 19.0 Å². The molecule has 0 amide bonds. The molecule has 96 valence electrons. The van der Waals surface area contributed by atoms with Crippen LogP contribution in [0.25, 0.3) is 6.08 Å². The molecule has 1 aliphatic heterocycles. The molecule has 0 saturated carbocycles. The zero-order valence-corrected chi connectivity index (χ0v) is 10.2. The number of hydrogen-bond acceptors (Lipinski definition) is 4. The van der Waals surface area contributed by atoms with E-state index < -0.39 is 0 Å². The monoisotopic (exact) mass is 256 g/mol. The van der Waals surface area contributed by atoms with Crippen LogP contribution < -0.4 is 9.47 Å². The minimum Gasteiger partial charge on any atom is -0.486 e. The lowest BCUT2D eigenvalue weighted by Crippen LogP contribution is -2.15. The van der Waals surface area contributed by atoms with Gasteiger partial charge in [0.2, 0.25) is 5.78 Å². The second kappa shape index (κ2) is 5.02. The largest absolute Gasteiger partial charge is 0.486 e. The van der Waals surface area contributed by atoms with Crippen LogP contribution in [0.5, 0.6) is 11.5 Å². The van der Waals surface area contributed by atoms with E-state index >= 15 is 0 Å². The number of allylic oxidation sites excluding steroid dienone is 1. The van der Waals surface area contributed by atoms with Gasteiger partial charge in [0.25, 0.3) is 0 Å². The molecule has 2 aromatic rings. The van der Waals surface area contributed by atoms with Crippen LogP contribution in [0, 0.1) is 0 Å². The van der Waals surface area contributed by atoms with Gasteiger partial charge < -0.3 is 13.9 Å². The molecular formula is C15H12O4. The third-order valence-electron chi connectivity index (χ3n) is 2.76. The Kier molecular flexibility index (Phi) is 3.06. The molecule has 1 aromatic carbocycles. The Bertz CT molecular complexity index is 611. The van der Waals surface area contributed by atoms with E-state index in [0.29, 0.717) is 24.7 Å². The van der Waals surface area contributed by atoms with Gasteiger partial charge in [-0.25, -0.2) is 0 Å². The lowest BCUT2D eigenvalue weighted by atomic mass is 10.1. The summed E-state index contributed by atoms with van der Waals surface area (Å²) in [5.41, 5.74) is 0.879. The van der Waals surface area contributed by atoms with E-state index in [1.165, 1.54) is 12.3 Å². The minimum atomic E-state index is -0.167. The quantitative estimate of drug-likeness (QED) is 0.625. The fourth-order valence-corrected chi connectivity index (χ4v) is 1.84. The summed E-state index contributed by atoms with van der Waals surface area (Å²) in [4.78, 5) is 11.7. The fourth-order valence-electron chi connectivity index (χ4n) is 1.84. The summed E-state index contributed by atoms with van der Waals surface area (Å²) >= 11 is 0. The summed E-state index contributed by atoms with van der Waals surface area (Å²) in [5, 5.41) is 0. The summed E-state index contributed by atoms with van der Waals surface area (Å²) < 4.78 is 15.9. The molecule has 0 spiro atoms. The van der Waals surface area contributed by atoms with E-state index in [-0.39, 0.29) is 5.78 Å².